The number of benzene rings is 10. The molecule has 0 fully saturated rings. The van der Waals surface area contributed by atoms with Gasteiger partial charge in [0.25, 0.3) is 0 Å². The lowest BCUT2D eigenvalue weighted by Gasteiger charge is -2.16. The number of fused-ring (bicyclic) bond motifs is 12. The maximum Gasteiger partial charge on any atom is 0.238 e. The molecule has 60 heavy (non-hydrogen) atoms. The molecule has 0 aliphatic heterocycles. The van der Waals surface area contributed by atoms with E-state index in [1.54, 1.807) is 0 Å². The fourth-order valence-corrected chi connectivity index (χ4v) is 9.55. The minimum Gasteiger partial charge on any atom is -0.456 e. The Kier molecular flexibility index (Phi) is 6.95. The predicted octanol–water partition coefficient (Wildman–Crippen LogP) is 14.5. The second-order valence-electron chi connectivity index (χ2n) is 15.5. The normalized spacial score (nSPS) is 12.0. The van der Waals surface area contributed by atoms with Crippen LogP contribution < -0.4 is 0 Å². The maximum absolute atomic E-state index is 6.57. The molecule has 0 N–H and O–H groups in total. The van der Waals surface area contributed by atoms with Crippen molar-refractivity contribution >= 4 is 86.8 Å². The zero-order valence-corrected chi connectivity index (χ0v) is 32.2. The number of hydrogen-bond donors (Lipinski definition) is 0. The first kappa shape index (κ1) is 32.9. The topological polar surface area (TPSA) is 56.7 Å². The molecule has 0 bridgehead atoms. The second kappa shape index (κ2) is 12.7. The molecule has 0 spiro atoms. The van der Waals surface area contributed by atoms with Crippen molar-refractivity contribution in [3.05, 3.63) is 194 Å². The molecular weight excluding hydrogens is 733 g/mol. The van der Waals surface area contributed by atoms with E-state index in [0.717, 1.165) is 71.4 Å². The summed E-state index contributed by atoms with van der Waals surface area (Å²) in [6.07, 6.45) is 0. The van der Waals surface area contributed by atoms with Gasteiger partial charge in [-0.15, -0.1) is 0 Å². The van der Waals surface area contributed by atoms with E-state index in [0.29, 0.717) is 17.6 Å². The molecule has 5 heteroatoms. The van der Waals surface area contributed by atoms with Crippen molar-refractivity contribution in [1.82, 2.24) is 19.5 Å². The van der Waals surface area contributed by atoms with E-state index in [9.17, 15) is 0 Å². The van der Waals surface area contributed by atoms with Crippen molar-refractivity contribution < 1.29 is 4.42 Å². The van der Waals surface area contributed by atoms with Crippen LogP contribution in [0.15, 0.2) is 199 Å². The molecule has 0 radical (unpaired) electrons. The van der Waals surface area contributed by atoms with Gasteiger partial charge < -0.3 is 4.42 Å². The Bertz CT molecular complexity index is 3910. The molecule has 13 aromatic rings. The summed E-state index contributed by atoms with van der Waals surface area (Å²) in [6, 6.07) is 68.6. The van der Waals surface area contributed by atoms with Crippen molar-refractivity contribution in [2.75, 3.05) is 0 Å². The highest BCUT2D eigenvalue weighted by Gasteiger charge is 2.23. The standard InChI is InChI=1S/C55H32N4O/c1-2-16-35-32-50-46(30-34(35)15-1)52-44(25-13-27-49(52)60-50)54-56-53(42-23-10-9-22-41(42)45-31-36-17-4-5-18-37(36)39-20-7-8-21-40(39)45)57-55(58-54)59-47-26-12-11-24-43(47)51-38-19-6-3-14-33(38)28-29-48(51)59/h1-32H. The van der Waals surface area contributed by atoms with Gasteiger partial charge in [0, 0.05) is 32.7 Å². The average Bonchev–Trinajstić information content (AvgIpc) is 3.86. The first-order chi connectivity index (χ1) is 29.7. The van der Waals surface area contributed by atoms with Crippen molar-refractivity contribution in [3.63, 3.8) is 0 Å². The Hall–Kier alpha value is -8.15. The number of furan rings is 1. The van der Waals surface area contributed by atoms with Crippen molar-refractivity contribution in [2.24, 2.45) is 0 Å². The summed E-state index contributed by atoms with van der Waals surface area (Å²) >= 11 is 0. The van der Waals surface area contributed by atoms with Crippen LogP contribution in [-0.4, -0.2) is 19.5 Å². The molecule has 0 aliphatic rings. The maximum atomic E-state index is 6.57. The van der Waals surface area contributed by atoms with Gasteiger partial charge in [-0.25, -0.2) is 4.98 Å². The third-order valence-electron chi connectivity index (χ3n) is 12.2. The largest absolute Gasteiger partial charge is 0.456 e. The van der Waals surface area contributed by atoms with E-state index < -0.39 is 0 Å². The highest BCUT2D eigenvalue weighted by atomic mass is 16.3. The van der Waals surface area contributed by atoms with Gasteiger partial charge in [0.2, 0.25) is 5.95 Å². The molecule has 3 heterocycles. The molecular formula is C55H32N4O. The van der Waals surface area contributed by atoms with E-state index in [4.69, 9.17) is 19.4 Å². The van der Waals surface area contributed by atoms with Gasteiger partial charge in [-0.1, -0.05) is 158 Å². The van der Waals surface area contributed by atoms with Crippen molar-refractivity contribution in [3.8, 4) is 39.9 Å². The molecule has 13 rings (SSSR count). The minimum atomic E-state index is 0.546. The van der Waals surface area contributed by atoms with Crippen LogP contribution in [-0.2, 0) is 0 Å². The fourth-order valence-electron chi connectivity index (χ4n) is 9.55. The van der Waals surface area contributed by atoms with E-state index in [2.05, 4.69) is 187 Å². The third-order valence-corrected chi connectivity index (χ3v) is 12.2. The quantitative estimate of drug-likeness (QED) is 0.167. The summed E-state index contributed by atoms with van der Waals surface area (Å²) in [5.41, 5.74) is 7.65. The summed E-state index contributed by atoms with van der Waals surface area (Å²) in [5.74, 6) is 1.70. The van der Waals surface area contributed by atoms with Gasteiger partial charge in [0.15, 0.2) is 11.6 Å². The molecule has 0 unspecified atom stereocenters. The molecule has 5 nitrogen and oxygen atoms in total. The van der Waals surface area contributed by atoms with Crippen LogP contribution >= 0.6 is 0 Å². The van der Waals surface area contributed by atoms with Gasteiger partial charge in [0.05, 0.1) is 11.0 Å². The van der Waals surface area contributed by atoms with Crippen LogP contribution in [0.3, 0.4) is 0 Å². The van der Waals surface area contributed by atoms with Crippen LogP contribution in [0.5, 0.6) is 0 Å². The lowest BCUT2D eigenvalue weighted by molar-refractivity contribution is 0.669. The minimum absolute atomic E-state index is 0.546. The highest BCUT2D eigenvalue weighted by Crippen LogP contribution is 2.42. The number of aromatic nitrogens is 4. The number of nitrogens with zero attached hydrogens (tertiary/aromatic N) is 4. The average molecular weight is 765 g/mol. The van der Waals surface area contributed by atoms with E-state index in [-0.39, 0.29) is 0 Å². The molecule has 0 saturated carbocycles. The van der Waals surface area contributed by atoms with E-state index in [1.165, 1.54) is 37.7 Å². The van der Waals surface area contributed by atoms with Gasteiger partial charge >= 0.3 is 0 Å². The second-order valence-corrected chi connectivity index (χ2v) is 15.5. The summed E-state index contributed by atoms with van der Waals surface area (Å²) in [4.78, 5) is 16.4. The summed E-state index contributed by atoms with van der Waals surface area (Å²) in [7, 11) is 0. The first-order valence-electron chi connectivity index (χ1n) is 20.3. The Morgan fingerprint density at radius 2 is 0.933 bits per heavy atom. The van der Waals surface area contributed by atoms with E-state index >= 15 is 0 Å². The lowest BCUT2D eigenvalue weighted by Crippen LogP contribution is -2.07. The summed E-state index contributed by atoms with van der Waals surface area (Å²) in [6.45, 7) is 0. The van der Waals surface area contributed by atoms with Crippen LogP contribution in [0, 0.1) is 0 Å². The first-order valence-corrected chi connectivity index (χ1v) is 20.3. The van der Waals surface area contributed by atoms with Crippen LogP contribution in [0.2, 0.25) is 0 Å². The zero-order chi connectivity index (χ0) is 39.3. The van der Waals surface area contributed by atoms with Crippen LogP contribution in [0.4, 0.5) is 0 Å². The SMILES string of the molecule is c1ccc(-c2cc3ccccc3c3ccccc23)c(-c2nc(-c3cccc4oc5cc6ccccc6cc5c34)nc(-n3c4ccccc4c4c5ccccc5ccc43)n2)c1. The molecule has 278 valence electrons. The van der Waals surface area contributed by atoms with E-state index in [1.807, 2.05) is 12.1 Å². The molecule has 0 amide bonds. The number of rotatable bonds is 4. The summed E-state index contributed by atoms with van der Waals surface area (Å²) in [5, 5.41) is 13.8. The van der Waals surface area contributed by atoms with Crippen LogP contribution in [0.1, 0.15) is 0 Å². The summed E-state index contributed by atoms with van der Waals surface area (Å²) < 4.78 is 8.78. The molecule has 0 saturated heterocycles. The van der Waals surface area contributed by atoms with Gasteiger partial charge in [0.1, 0.15) is 11.2 Å². The highest BCUT2D eigenvalue weighted by molar-refractivity contribution is 6.21. The molecule has 10 aromatic carbocycles. The lowest BCUT2D eigenvalue weighted by atomic mass is 9.91. The molecule has 0 atom stereocenters. The number of para-hydroxylation sites is 1. The number of hydrogen-bond acceptors (Lipinski definition) is 4. The van der Waals surface area contributed by atoms with Gasteiger partial charge in [-0.2, -0.15) is 9.97 Å². The Balaban J connectivity index is 1.14. The third kappa shape index (κ3) is 4.84. The Labute approximate surface area is 343 Å². The van der Waals surface area contributed by atoms with Gasteiger partial charge in [-0.3, -0.25) is 4.57 Å². The predicted molar refractivity (Wildman–Crippen MR) is 248 cm³/mol. The smallest absolute Gasteiger partial charge is 0.238 e. The Morgan fingerprint density at radius 3 is 1.77 bits per heavy atom. The van der Waals surface area contributed by atoms with Crippen LogP contribution in [0.25, 0.3) is 127 Å². The fraction of sp³-hybridized carbons (Fsp3) is 0. The van der Waals surface area contributed by atoms with Gasteiger partial charge in [-0.05, 0) is 90.6 Å². The molecule has 0 aliphatic carbocycles. The van der Waals surface area contributed by atoms with Crippen molar-refractivity contribution in [1.29, 1.82) is 0 Å². The Morgan fingerprint density at radius 1 is 0.317 bits per heavy atom. The monoisotopic (exact) mass is 764 g/mol. The van der Waals surface area contributed by atoms with Crippen molar-refractivity contribution in [2.45, 2.75) is 0 Å². The molecule has 3 aromatic heterocycles. The zero-order valence-electron chi connectivity index (χ0n) is 32.2.